The Labute approximate surface area is 119 Å². The van der Waals surface area contributed by atoms with Crippen LogP contribution < -0.4 is 11.1 Å². The fourth-order valence-corrected chi connectivity index (χ4v) is 1.78. The second-order valence-corrected chi connectivity index (χ2v) is 4.17. The van der Waals surface area contributed by atoms with Gasteiger partial charge in [-0.15, -0.1) is 0 Å². The number of nitro groups is 1. The molecule has 3 N–H and O–H groups in total. The molecule has 0 atom stereocenters. The van der Waals surface area contributed by atoms with Crippen molar-refractivity contribution in [2.24, 2.45) is 5.73 Å². The van der Waals surface area contributed by atoms with Crippen molar-refractivity contribution in [1.82, 2.24) is 0 Å². The van der Waals surface area contributed by atoms with Crippen LogP contribution in [-0.2, 0) is 0 Å². The van der Waals surface area contributed by atoms with Crippen LogP contribution >= 0.6 is 0 Å². The molecule has 0 saturated carbocycles. The van der Waals surface area contributed by atoms with Crippen LogP contribution in [0.4, 0.5) is 17.1 Å². The van der Waals surface area contributed by atoms with Crippen LogP contribution in [0.3, 0.4) is 0 Å². The molecule has 0 aromatic heterocycles. The number of nitro benzene ring substituents is 1. The van der Waals surface area contributed by atoms with Gasteiger partial charge in [0, 0.05) is 23.0 Å². The summed E-state index contributed by atoms with van der Waals surface area (Å²) in [5.41, 5.74) is 6.31. The van der Waals surface area contributed by atoms with E-state index in [9.17, 15) is 14.9 Å². The minimum Gasteiger partial charge on any atom is -0.366 e. The Kier molecular flexibility index (Phi) is 3.81. The van der Waals surface area contributed by atoms with Gasteiger partial charge in [0.05, 0.1) is 4.92 Å². The van der Waals surface area contributed by atoms with Gasteiger partial charge in [0.25, 0.3) is 5.69 Å². The van der Waals surface area contributed by atoms with E-state index in [0.717, 1.165) is 0 Å². The number of nitrogens with two attached hydrogens (primary N) is 1. The number of carbonyl (C=O) groups excluding carboxylic acids is 1. The Bertz CT molecular complexity index is 765. The number of primary amides is 1. The Morgan fingerprint density at radius 2 is 1.95 bits per heavy atom. The van der Waals surface area contributed by atoms with Crippen molar-refractivity contribution in [3.63, 3.8) is 0 Å². The van der Waals surface area contributed by atoms with E-state index in [-0.39, 0.29) is 11.3 Å². The fourth-order valence-electron chi connectivity index (χ4n) is 1.78. The molecule has 0 fully saturated rings. The van der Waals surface area contributed by atoms with Crippen LogP contribution in [0.25, 0.3) is 0 Å². The molecule has 0 heterocycles. The minimum absolute atomic E-state index is 0.0453. The molecule has 0 aliphatic carbocycles. The smallest absolute Gasteiger partial charge is 0.287 e. The molecule has 2 aromatic rings. The number of hydrogen-bond donors (Lipinski definition) is 2. The molecule has 104 valence electrons. The van der Waals surface area contributed by atoms with Gasteiger partial charge in [0.2, 0.25) is 5.91 Å². The molecular weight excluding hydrogens is 272 g/mol. The lowest BCUT2D eigenvalue weighted by Crippen LogP contribution is -2.10. The van der Waals surface area contributed by atoms with Gasteiger partial charge in [-0.25, -0.2) is 0 Å². The van der Waals surface area contributed by atoms with Crippen LogP contribution in [0.5, 0.6) is 0 Å². The number of benzene rings is 2. The number of nitriles is 1. The third kappa shape index (κ3) is 3.13. The largest absolute Gasteiger partial charge is 0.366 e. The van der Waals surface area contributed by atoms with E-state index in [1.165, 1.54) is 18.2 Å². The first-order valence-corrected chi connectivity index (χ1v) is 5.86. The molecule has 2 rings (SSSR count). The molecular formula is C14H10N4O3. The summed E-state index contributed by atoms with van der Waals surface area (Å²) in [6.45, 7) is 0. The zero-order valence-electron chi connectivity index (χ0n) is 10.7. The number of hydrogen-bond acceptors (Lipinski definition) is 5. The second kappa shape index (κ2) is 5.71. The number of nitrogens with zero attached hydrogens (tertiary/aromatic N) is 2. The average molecular weight is 282 g/mol. The lowest BCUT2D eigenvalue weighted by atomic mass is 10.1. The molecule has 0 radical (unpaired) electrons. The first-order valence-electron chi connectivity index (χ1n) is 5.86. The fraction of sp³-hybridized carbons (Fsp3) is 0. The summed E-state index contributed by atoms with van der Waals surface area (Å²) in [5.74, 6) is -0.555. The maximum atomic E-state index is 11.1. The zero-order valence-corrected chi connectivity index (χ0v) is 10.7. The van der Waals surface area contributed by atoms with Gasteiger partial charge in [-0.05, 0) is 30.3 Å². The van der Waals surface area contributed by atoms with E-state index in [1.807, 2.05) is 0 Å². The third-order valence-electron chi connectivity index (χ3n) is 2.75. The molecule has 0 aliphatic heterocycles. The van der Waals surface area contributed by atoms with Crippen molar-refractivity contribution in [3.05, 3.63) is 63.7 Å². The van der Waals surface area contributed by atoms with E-state index < -0.39 is 10.8 Å². The quantitative estimate of drug-likeness (QED) is 0.658. The van der Waals surface area contributed by atoms with Crippen molar-refractivity contribution in [2.45, 2.75) is 0 Å². The molecule has 7 nitrogen and oxygen atoms in total. The summed E-state index contributed by atoms with van der Waals surface area (Å²) in [4.78, 5) is 21.2. The van der Waals surface area contributed by atoms with Crippen LogP contribution in [0.1, 0.15) is 15.9 Å². The number of nitrogens with one attached hydrogen (secondary N) is 1. The van der Waals surface area contributed by atoms with Crippen LogP contribution in [-0.4, -0.2) is 10.8 Å². The number of rotatable bonds is 4. The van der Waals surface area contributed by atoms with Crippen molar-refractivity contribution in [1.29, 1.82) is 5.26 Å². The predicted octanol–water partition coefficient (Wildman–Crippen LogP) is 2.31. The van der Waals surface area contributed by atoms with E-state index in [1.54, 1.807) is 30.3 Å². The summed E-state index contributed by atoms with van der Waals surface area (Å²) < 4.78 is 0. The summed E-state index contributed by atoms with van der Waals surface area (Å²) in [6.07, 6.45) is 0. The molecule has 0 saturated heterocycles. The molecule has 0 aliphatic rings. The van der Waals surface area contributed by atoms with E-state index in [2.05, 4.69) is 5.32 Å². The average Bonchev–Trinajstić information content (AvgIpc) is 2.47. The van der Waals surface area contributed by atoms with Crippen LogP contribution in [0, 0.1) is 21.4 Å². The molecule has 0 bridgehead atoms. The van der Waals surface area contributed by atoms with E-state index in [4.69, 9.17) is 11.0 Å². The minimum atomic E-state index is -0.615. The summed E-state index contributed by atoms with van der Waals surface area (Å²) in [5, 5.41) is 22.6. The molecule has 21 heavy (non-hydrogen) atoms. The highest BCUT2D eigenvalue weighted by molar-refractivity contribution is 5.93. The van der Waals surface area contributed by atoms with Crippen molar-refractivity contribution in [3.8, 4) is 6.07 Å². The Balaban J connectivity index is 2.32. The molecule has 2 aromatic carbocycles. The molecule has 0 unspecified atom stereocenters. The SMILES string of the molecule is N#Cc1cc(Nc2cccc(C(N)=O)c2)ccc1[N+](=O)[O-]. The van der Waals surface area contributed by atoms with E-state index in [0.29, 0.717) is 16.9 Å². The molecule has 0 spiro atoms. The van der Waals surface area contributed by atoms with Crippen molar-refractivity contribution in [2.75, 3.05) is 5.32 Å². The first kappa shape index (κ1) is 14.0. The Morgan fingerprint density at radius 3 is 2.57 bits per heavy atom. The maximum Gasteiger partial charge on any atom is 0.287 e. The first-order chi connectivity index (χ1) is 10.0. The Hall–Kier alpha value is -3.40. The van der Waals surface area contributed by atoms with Crippen LogP contribution in [0.15, 0.2) is 42.5 Å². The van der Waals surface area contributed by atoms with Gasteiger partial charge in [0.15, 0.2) is 0 Å². The highest BCUT2D eigenvalue weighted by Gasteiger charge is 2.13. The summed E-state index contributed by atoms with van der Waals surface area (Å²) >= 11 is 0. The predicted molar refractivity (Wildman–Crippen MR) is 76.1 cm³/mol. The topological polar surface area (TPSA) is 122 Å². The summed E-state index contributed by atoms with van der Waals surface area (Å²) in [6, 6.07) is 12.4. The highest BCUT2D eigenvalue weighted by Crippen LogP contribution is 2.24. The van der Waals surface area contributed by atoms with Crippen LogP contribution in [0.2, 0.25) is 0 Å². The lowest BCUT2D eigenvalue weighted by molar-refractivity contribution is -0.385. The van der Waals surface area contributed by atoms with E-state index >= 15 is 0 Å². The van der Waals surface area contributed by atoms with Gasteiger partial charge in [-0.3, -0.25) is 14.9 Å². The van der Waals surface area contributed by atoms with Gasteiger partial charge in [0.1, 0.15) is 11.6 Å². The van der Waals surface area contributed by atoms with Gasteiger partial charge in [-0.1, -0.05) is 6.07 Å². The lowest BCUT2D eigenvalue weighted by Gasteiger charge is -2.07. The zero-order chi connectivity index (χ0) is 15.4. The normalized spacial score (nSPS) is 9.67. The third-order valence-corrected chi connectivity index (χ3v) is 2.75. The van der Waals surface area contributed by atoms with Gasteiger partial charge < -0.3 is 11.1 Å². The van der Waals surface area contributed by atoms with Crippen molar-refractivity contribution < 1.29 is 9.72 Å². The maximum absolute atomic E-state index is 11.1. The number of anilines is 2. The molecule has 7 heteroatoms. The standard InChI is InChI=1S/C14H10N4O3/c15-8-10-7-12(4-5-13(10)18(20)21)17-11-3-1-2-9(6-11)14(16)19/h1-7,17H,(H2,16,19). The highest BCUT2D eigenvalue weighted by atomic mass is 16.6. The second-order valence-electron chi connectivity index (χ2n) is 4.17. The number of carbonyl (C=O) groups is 1. The summed E-state index contributed by atoms with van der Waals surface area (Å²) in [7, 11) is 0. The Morgan fingerprint density at radius 1 is 1.24 bits per heavy atom. The monoisotopic (exact) mass is 282 g/mol. The molecule has 1 amide bonds. The van der Waals surface area contributed by atoms with Gasteiger partial charge >= 0.3 is 0 Å². The van der Waals surface area contributed by atoms with Gasteiger partial charge in [-0.2, -0.15) is 5.26 Å². The van der Waals surface area contributed by atoms with Crippen molar-refractivity contribution >= 4 is 23.0 Å². The number of amides is 1.